The van der Waals surface area contributed by atoms with Gasteiger partial charge < -0.3 is 14.6 Å². The molecule has 4 nitrogen and oxygen atoms in total. The highest BCUT2D eigenvalue weighted by atomic mass is 16.5. The Morgan fingerprint density at radius 3 is 2.63 bits per heavy atom. The number of aromatic nitrogens is 1. The molecule has 0 aliphatic carbocycles. The van der Waals surface area contributed by atoms with Crippen LogP contribution in [0.4, 0.5) is 0 Å². The fourth-order valence-corrected chi connectivity index (χ4v) is 1.66. The predicted octanol–water partition coefficient (Wildman–Crippen LogP) is 3.33. The first-order chi connectivity index (χ1) is 9.20. The lowest BCUT2D eigenvalue weighted by molar-refractivity contribution is 0.198. The molecule has 4 heteroatoms. The molecule has 1 atom stereocenters. The molecular weight excluding hydrogens is 242 g/mol. The minimum atomic E-state index is -0.549. The fraction of sp³-hybridized carbons (Fsp3) is 0.267. The van der Waals surface area contributed by atoms with Crippen molar-refractivity contribution in [3.05, 3.63) is 48.2 Å². The van der Waals surface area contributed by atoms with Gasteiger partial charge in [-0.1, -0.05) is 12.1 Å². The molecule has 1 N–H and O–H groups in total. The topological polar surface area (TPSA) is 51.6 Å². The summed E-state index contributed by atoms with van der Waals surface area (Å²) in [5.41, 5.74) is 0.763. The van der Waals surface area contributed by atoms with Gasteiger partial charge in [0.05, 0.1) is 12.7 Å². The number of benzene rings is 1. The maximum Gasteiger partial charge on any atom is 0.219 e. The van der Waals surface area contributed by atoms with Gasteiger partial charge in [-0.15, -0.1) is 0 Å². The molecule has 0 saturated carbocycles. The second-order valence-corrected chi connectivity index (χ2v) is 4.09. The van der Waals surface area contributed by atoms with E-state index in [-0.39, 0.29) is 0 Å². The number of aliphatic hydroxyl groups excluding tert-OH is 1. The summed E-state index contributed by atoms with van der Waals surface area (Å²) in [7, 11) is 0. The largest absolute Gasteiger partial charge is 0.490 e. The highest BCUT2D eigenvalue weighted by Gasteiger charge is 2.08. The van der Waals surface area contributed by atoms with Crippen LogP contribution in [-0.2, 0) is 0 Å². The van der Waals surface area contributed by atoms with E-state index < -0.39 is 6.10 Å². The number of pyridine rings is 1. The summed E-state index contributed by atoms with van der Waals surface area (Å²) >= 11 is 0. The normalized spacial score (nSPS) is 11.9. The van der Waals surface area contributed by atoms with Gasteiger partial charge in [-0.25, -0.2) is 4.98 Å². The number of para-hydroxylation sites is 2. The number of rotatable bonds is 5. The Morgan fingerprint density at radius 2 is 1.95 bits per heavy atom. The van der Waals surface area contributed by atoms with Crippen molar-refractivity contribution in [3.63, 3.8) is 0 Å². The van der Waals surface area contributed by atoms with Gasteiger partial charge in [-0.05, 0) is 37.6 Å². The average Bonchev–Trinajstić information content (AvgIpc) is 2.41. The van der Waals surface area contributed by atoms with Gasteiger partial charge in [-0.3, -0.25) is 0 Å². The zero-order chi connectivity index (χ0) is 13.7. The summed E-state index contributed by atoms with van der Waals surface area (Å²) in [5, 5.41) is 9.55. The van der Waals surface area contributed by atoms with Gasteiger partial charge in [-0.2, -0.15) is 0 Å². The van der Waals surface area contributed by atoms with Crippen LogP contribution in [0.15, 0.2) is 42.6 Å². The van der Waals surface area contributed by atoms with Crippen LogP contribution in [0.2, 0.25) is 0 Å². The van der Waals surface area contributed by atoms with Crippen molar-refractivity contribution >= 4 is 0 Å². The van der Waals surface area contributed by atoms with Crippen LogP contribution < -0.4 is 9.47 Å². The highest BCUT2D eigenvalue weighted by molar-refractivity contribution is 5.42. The average molecular weight is 259 g/mol. The first kappa shape index (κ1) is 13.4. The second-order valence-electron chi connectivity index (χ2n) is 4.09. The lowest BCUT2D eigenvalue weighted by atomic mass is 10.2. The monoisotopic (exact) mass is 259 g/mol. The minimum absolute atomic E-state index is 0.436. The van der Waals surface area contributed by atoms with E-state index in [9.17, 15) is 5.11 Å². The number of ether oxygens (including phenoxy) is 2. The molecule has 2 rings (SSSR count). The predicted molar refractivity (Wildman–Crippen MR) is 72.6 cm³/mol. The Balaban J connectivity index is 2.23. The number of aliphatic hydroxyl groups is 1. The van der Waals surface area contributed by atoms with E-state index >= 15 is 0 Å². The van der Waals surface area contributed by atoms with Gasteiger partial charge in [0, 0.05) is 12.3 Å². The van der Waals surface area contributed by atoms with Crippen molar-refractivity contribution in [1.29, 1.82) is 0 Å². The van der Waals surface area contributed by atoms with Crippen LogP contribution in [-0.4, -0.2) is 16.7 Å². The highest BCUT2D eigenvalue weighted by Crippen LogP contribution is 2.31. The molecule has 0 fully saturated rings. The van der Waals surface area contributed by atoms with Crippen LogP contribution in [0.1, 0.15) is 25.5 Å². The fourth-order valence-electron chi connectivity index (χ4n) is 1.66. The molecule has 1 aromatic carbocycles. The Morgan fingerprint density at radius 1 is 1.21 bits per heavy atom. The zero-order valence-corrected chi connectivity index (χ0v) is 11.0. The standard InChI is InChI=1S/C15H17NO3/c1-3-18-13-6-4-5-7-14(13)19-15-10-12(11(2)17)8-9-16-15/h4-11,17H,3H2,1-2H3/t11-/m1/s1. The van der Waals surface area contributed by atoms with E-state index in [1.165, 1.54) is 0 Å². The molecule has 0 bridgehead atoms. The van der Waals surface area contributed by atoms with Crippen LogP contribution >= 0.6 is 0 Å². The van der Waals surface area contributed by atoms with Crippen molar-refractivity contribution in [2.75, 3.05) is 6.61 Å². The smallest absolute Gasteiger partial charge is 0.219 e. The molecule has 0 amide bonds. The summed E-state index contributed by atoms with van der Waals surface area (Å²) < 4.78 is 11.2. The van der Waals surface area contributed by atoms with Gasteiger partial charge in [0.25, 0.3) is 0 Å². The van der Waals surface area contributed by atoms with E-state index in [0.717, 1.165) is 5.56 Å². The van der Waals surface area contributed by atoms with Crippen molar-refractivity contribution in [1.82, 2.24) is 4.98 Å². The first-order valence-electron chi connectivity index (χ1n) is 6.24. The molecule has 0 spiro atoms. The molecular formula is C15H17NO3. The number of nitrogens with zero attached hydrogens (tertiary/aromatic N) is 1. The van der Waals surface area contributed by atoms with Crippen LogP contribution in [0, 0.1) is 0 Å². The third kappa shape index (κ3) is 3.45. The van der Waals surface area contributed by atoms with Crippen molar-refractivity contribution < 1.29 is 14.6 Å². The minimum Gasteiger partial charge on any atom is -0.490 e. The first-order valence-corrected chi connectivity index (χ1v) is 6.24. The van der Waals surface area contributed by atoms with Gasteiger partial charge in [0.2, 0.25) is 5.88 Å². The number of hydrogen-bond donors (Lipinski definition) is 1. The van der Waals surface area contributed by atoms with Gasteiger partial charge >= 0.3 is 0 Å². The molecule has 0 aliphatic rings. The molecule has 19 heavy (non-hydrogen) atoms. The summed E-state index contributed by atoms with van der Waals surface area (Å²) in [5.74, 6) is 1.72. The zero-order valence-electron chi connectivity index (χ0n) is 11.0. The third-order valence-corrected chi connectivity index (χ3v) is 2.60. The SMILES string of the molecule is CCOc1ccccc1Oc1cc([C@@H](C)O)ccn1. The second kappa shape index (κ2) is 6.20. The molecule has 0 aliphatic heterocycles. The van der Waals surface area contributed by atoms with E-state index in [2.05, 4.69) is 4.98 Å². The van der Waals surface area contributed by atoms with E-state index in [1.807, 2.05) is 31.2 Å². The van der Waals surface area contributed by atoms with Crippen LogP contribution in [0.25, 0.3) is 0 Å². The van der Waals surface area contributed by atoms with Gasteiger partial charge in [0.15, 0.2) is 11.5 Å². The summed E-state index contributed by atoms with van der Waals surface area (Å²) in [6, 6.07) is 10.9. The quantitative estimate of drug-likeness (QED) is 0.894. The molecule has 100 valence electrons. The third-order valence-electron chi connectivity index (χ3n) is 2.60. The van der Waals surface area contributed by atoms with Gasteiger partial charge in [0.1, 0.15) is 0 Å². The van der Waals surface area contributed by atoms with E-state index in [0.29, 0.717) is 24.0 Å². The molecule has 1 aromatic heterocycles. The van der Waals surface area contributed by atoms with E-state index in [4.69, 9.17) is 9.47 Å². The van der Waals surface area contributed by atoms with E-state index in [1.54, 1.807) is 25.3 Å². The maximum atomic E-state index is 9.55. The summed E-state index contributed by atoms with van der Waals surface area (Å²) in [6.45, 7) is 4.19. The summed E-state index contributed by atoms with van der Waals surface area (Å²) in [6.07, 6.45) is 1.06. The van der Waals surface area contributed by atoms with Crippen molar-refractivity contribution in [3.8, 4) is 17.4 Å². The Labute approximate surface area is 112 Å². The maximum absolute atomic E-state index is 9.55. The molecule has 1 heterocycles. The van der Waals surface area contributed by atoms with Crippen molar-refractivity contribution in [2.45, 2.75) is 20.0 Å². The molecule has 0 saturated heterocycles. The summed E-state index contributed by atoms with van der Waals surface area (Å²) in [4.78, 5) is 4.13. The Kier molecular flexibility index (Phi) is 4.36. The van der Waals surface area contributed by atoms with Crippen LogP contribution in [0.5, 0.6) is 17.4 Å². The van der Waals surface area contributed by atoms with Crippen LogP contribution in [0.3, 0.4) is 0 Å². The number of hydrogen-bond acceptors (Lipinski definition) is 4. The molecule has 2 aromatic rings. The Bertz CT molecular complexity index is 540. The Hall–Kier alpha value is -2.07. The lowest BCUT2D eigenvalue weighted by Gasteiger charge is -2.11. The lowest BCUT2D eigenvalue weighted by Crippen LogP contribution is -1.97. The molecule has 0 radical (unpaired) electrons. The van der Waals surface area contributed by atoms with Crippen molar-refractivity contribution in [2.24, 2.45) is 0 Å². The molecule has 0 unspecified atom stereocenters.